The zero-order valence-electron chi connectivity index (χ0n) is 13.3. The van der Waals surface area contributed by atoms with Gasteiger partial charge in [0.15, 0.2) is 0 Å². The first-order chi connectivity index (χ1) is 8.90. The van der Waals surface area contributed by atoms with Crippen LogP contribution in [0.5, 0.6) is 0 Å². The molecule has 0 aliphatic carbocycles. The highest BCUT2D eigenvalue weighted by Crippen LogP contribution is 2.16. The summed E-state index contributed by atoms with van der Waals surface area (Å²) in [4.78, 5) is 14.1. The van der Waals surface area contributed by atoms with Gasteiger partial charge in [0.2, 0.25) is 0 Å². The van der Waals surface area contributed by atoms with E-state index >= 15 is 0 Å². The summed E-state index contributed by atoms with van der Waals surface area (Å²) in [5, 5.41) is 3.26. The molecule has 0 fully saturated rings. The smallest absolute Gasteiger partial charge is 0.322 e. The topological polar surface area (TPSA) is 50.8 Å². The number of ether oxygens (including phenoxy) is 2. The summed E-state index contributed by atoms with van der Waals surface area (Å²) < 4.78 is 10.2. The Hall–Kier alpha value is -0.650. The van der Waals surface area contributed by atoms with Gasteiger partial charge in [0.05, 0.1) is 12.7 Å². The van der Waals surface area contributed by atoms with Crippen LogP contribution in [0.1, 0.15) is 34.1 Å². The van der Waals surface area contributed by atoms with Crippen molar-refractivity contribution in [3.8, 4) is 0 Å². The molecule has 0 aliphatic rings. The molecule has 0 aliphatic heterocycles. The average Bonchev–Trinajstić information content (AvgIpc) is 2.41. The minimum atomic E-state index is -0.346. The van der Waals surface area contributed by atoms with E-state index in [0.717, 1.165) is 26.2 Å². The van der Waals surface area contributed by atoms with Crippen molar-refractivity contribution in [1.82, 2.24) is 10.2 Å². The van der Waals surface area contributed by atoms with Crippen molar-refractivity contribution in [1.29, 1.82) is 0 Å². The zero-order chi connectivity index (χ0) is 14.9. The summed E-state index contributed by atoms with van der Waals surface area (Å²) in [5.41, 5.74) is -0.346. The summed E-state index contributed by atoms with van der Waals surface area (Å²) in [5.74, 6) is -0.232. The van der Waals surface area contributed by atoms with Crippen LogP contribution in [0.15, 0.2) is 0 Å². The highest BCUT2D eigenvalue weighted by molar-refractivity contribution is 5.75. The molecule has 0 aromatic rings. The van der Waals surface area contributed by atoms with Gasteiger partial charge in [0.25, 0.3) is 0 Å². The maximum absolute atomic E-state index is 11.8. The third-order valence-electron chi connectivity index (χ3n) is 3.45. The van der Waals surface area contributed by atoms with Crippen LogP contribution in [-0.2, 0) is 14.3 Å². The van der Waals surface area contributed by atoms with Crippen LogP contribution in [0.3, 0.4) is 0 Å². The largest absolute Gasteiger partial charge is 0.468 e. The summed E-state index contributed by atoms with van der Waals surface area (Å²) in [6, 6.07) is -0.324. The van der Waals surface area contributed by atoms with E-state index in [9.17, 15) is 4.79 Å². The number of rotatable bonds is 10. The molecule has 0 bridgehead atoms. The SMILES string of the molecule is CCN(CC)CCNC(CC(C)(C)OC)C(=O)OC. The van der Waals surface area contributed by atoms with E-state index in [4.69, 9.17) is 9.47 Å². The van der Waals surface area contributed by atoms with Crippen LogP contribution in [0.2, 0.25) is 0 Å². The molecule has 19 heavy (non-hydrogen) atoms. The Morgan fingerprint density at radius 3 is 2.26 bits per heavy atom. The Labute approximate surface area is 117 Å². The van der Waals surface area contributed by atoms with Crippen LogP contribution in [0.4, 0.5) is 0 Å². The second kappa shape index (κ2) is 9.28. The summed E-state index contributed by atoms with van der Waals surface area (Å²) in [6.45, 7) is 11.9. The van der Waals surface area contributed by atoms with E-state index in [0.29, 0.717) is 6.42 Å². The quantitative estimate of drug-likeness (QED) is 0.608. The van der Waals surface area contributed by atoms with Crippen LogP contribution in [0, 0.1) is 0 Å². The van der Waals surface area contributed by atoms with Gasteiger partial charge in [-0.05, 0) is 26.9 Å². The Morgan fingerprint density at radius 2 is 1.84 bits per heavy atom. The molecule has 0 aromatic carbocycles. The summed E-state index contributed by atoms with van der Waals surface area (Å²) >= 11 is 0. The molecule has 0 heterocycles. The molecule has 0 radical (unpaired) electrons. The molecule has 0 amide bonds. The normalized spacial score (nSPS) is 13.6. The van der Waals surface area contributed by atoms with E-state index in [1.165, 1.54) is 7.11 Å². The second-order valence-electron chi connectivity index (χ2n) is 5.22. The van der Waals surface area contributed by atoms with Crippen molar-refractivity contribution in [3.05, 3.63) is 0 Å². The predicted molar refractivity (Wildman–Crippen MR) is 77.3 cm³/mol. The first-order valence-corrected chi connectivity index (χ1v) is 6.98. The minimum absolute atomic E-state index is 0.232. The molecule has 0 aromatic heterocycles. The molecule has 114 valence electrons. The van der Waals surface area contributed by atoms with E-state index < -0.39 is 0 Å². The van der Waals surface area contributed by atoms with Gasteiger partial charge in [-0.1, -0.05) is 13.8 Å². The number of nitrogens with zero attached hydrogens (tertiary/aromatic N) is 1. The van der Waals surface area contributed by atoms with Crippen LogP contribution >= 0.6 is 0 Å². The molecule has 1 N–H and O–H groups in total. The molecule has 0 saturated carbocycles. The molecule has 0 rings (SSSR count). The maximum atomic E-state index is 11.8. The van der Waals surface area contributed by atoms with Gasteiger partial charge < -0.3 is 19.7 Å². The van der Waals surface area contributed by atoms with Crippen molar-refractivity contribution in [2.45, 2.75) is 45.8 Å². The number of esters is 1. The first-order valence-electron chi connectivity index (χ1n) is 6.98. The van der Waals surface area contributed by atoms with E-state index in [-0.39, 0.29) is 17.6 Å². The van der Waals surface area contributed by atoms with E-state index in [2.05, 4.69) is 24.1 Å². The lowest BCUT2D eigenvalue weighted by atomic mass is 9.99. The highest BCUT2D eigenvalue weighted by Gasteiger charge is 2.28. The molecular formula is C14H30N2O3. The number of methoxy groups -OCH3 is 2. The van der Waals surface area contributed by atoms with Gasteiger partial charge in [-0.2, -0.15) is 0 Å². The van der Waals surface area contributed by atoms with Crippen LogP contribution in [-0.4, -0.2) is 62.9 Å². The predicted octanol–water partition coefficient (Wildman–Crippen LogP) is 1.27. The van der Waals surface area contributed by atoms with Crippen molar-refractivity contribution >= 4 is 5.97 Å². The Kier molecular flexibility index (Phi) is 8.97. The van der Waals surface area contributed by atoms with Gasteiger partial charge in [-0.3, -0.25) is 4.79 Å². The van der Waals surface area contributed by atoms with Crippen LogP contribution < -0.4 is 5.32 Å². The van der Waals surface area contributed by atoms with Crippen molar-refractivity contribution in [2.75, 3.05) is 40.4 Å². The molecule has 0 spiro atoms. The third kappa shape index (κ3) is 7.50. The molecular weight excluding hydrogens is 244 g/mol. The van der Waals surface area contributed by atoms with Gasteiger partial charge in [0.1, 0.15) is 6.04 Å². The Bertz CT molecular complexity index is 253. The lowest BCUT2D eigenvalue weighted by Gasteiger charge is -2.28. The number of carbonyl (C=O) groups excluding carboxylic acids is 1. The fourth-order valence-electron chi connectivity index (χ4n) is 1.89. The maximum Gasteiger partial charge on any atom is 0.322 e. The van der Waals surface area contributed by atoms with Gasteiger partial charge >= 0.3 is 5.97 Å². The number of hydrogen-bond acceptors (Lipinski definition) is 5. The van der Waals surface area contributed by atoms with Crippen molar-refractivity contribution in [3.63, 3.8) is 0 Å². The molecule has 5 heteroatoms. The molecule has 5 nitrogen and oxygen atoms in total. The highest BCUT2D eigenvalue weighted by atomic mass is 16.5. The molecule has 0 saturated heterocycles. The number of hydrogen-bond donors (Lipinski definition) is 1. The summed E-state index contributed by atoms with van der Waals surface area (Å²) in [7, 11) is 3.07. The first kappa shape index (κ1) is 18.4. The fraction of sp³-hybridized carbons (Fsp3) is 0.929. The minimum Gasteiger partial charge on any atom is -0.468 e. The van der Waals surface area contributed by atoms with E-state index in [1.807, 2.05) is 13.8 Å². The lowest BCUT2D eigenvalue weighted by Crippen LogP contribution is -2.46. The number of likely N-dealkylation sites (N-methyl/N-ethyl adjacent to an activating group) is 1. The van der Waals surface area contributed by atoms with Gasteiger partial charge in [-0.25, -0.2) is 0 Å². The van der Waals surface area contributed by atoms with Gasteiger partial charge in [-0.15, -0.1) is 0 Å². The zero-order valence-corrected chi connectivity index (χ0v) is 13.3. The summed E-state index contributed by atoms with van der Waals surface area (Å²) in [6.07, 6.45) is 0.592. The third-order valence-corrected chi connectivity index (χ3v) is 3.45. The van der Waals surface area contributed by atoms with Crippen molar-refractivity contribution < 1.29 is 14.3 Å². The van der Waals surface area contributed by atoms with Crippen LogP contribution in [0.25, 0.3) is 0 Å². The van der Waals surface area contributed by atoms with Gasteiger partial charge in [0, 0.05) is 26.6 Å². The number of carbonyl (C=O) groups is 1. The monoisotopic (exact) mass is 274 g/mol. The molecule has 1 unspecified atom stereocenters. The second-order valence-corrected chi connectivity index (χ2v) is 5.22. The average molecular weight is 274 g/mol. The van der Waals surface area contributed by atoms with Crippen molar-refractivity contribution in [2.24, 2.45) is 0 Å². The molecule has 1 atom stereocenters. The fourth-order valence-corrected chi connectivity index (χ4v) is 1.89. The Morgan fingerprint density at radius 1 is 1.26 bits per heavy atom. The lowest BCUT2D eigenvalue weighted by molar-refractivity contribution is -0.145. The standard InChI is InChI=1S/C14H30N2O3/c1-7-16(8-2)10-9-15-12(13(17)18-5)11-14(3,4)19-6/h12,15H,7-11H2,1-6H3. The number of nitrogens with one attached hydrogen (secondary N) is 1. The Balaban J connectivity index is 4.33. The van der Waals surface area contributed by atoms with E-state index in [1.54, 1.807) is 7.11 Å².